The van der Waals surface area contributed by atoms with E-state index >= 15 is 0 Å². The van der Waals surface area contributed by atoms with Crippen LogP contribution in [-0.2, 0) is 17.9 Å². The molecule has 0 aliphatic carbocycles. The maximum Gasteiger partial charge on any atom is 0.246 e. The summed E-state index contributed by atoms with van der Waals surface area (Å²) in [7, 11) is 0. The highest BCUT2D eigenvalue weighted by atomic mass is 35.5. The van der Waals surface area contributed by atoms with Gasteiger partial charge in [0.05, 0.1) is 22.8 Å². The van der Waals surface area contributed by atoms with Crippen LogP contribution < -0.4 is 10.1 Å². The molecule has 3 N–H and O–H groups in total. The summed E-state index contributed by atoms with van der Waals surface area (Å²) < 4.78 is 5.70. The molecular weight excluding hydrogens is 338 g/mol. The minimum Gasteiger partial charge on any atom is -0.486 e. The zero-order valence-electron chi connectivity index (χ0n) is 12.0. The summed E-state index contributed by atoms with van der Waals surface area (Å²) in [5.74, 6) is 0.147. The fourth-order valence-corrected chi connectivity index (χ4v) is 2.88. The van der Waals surface area contributed by atoms with Gasteiger partial charge in [-0.3, -0.25) is 4.79 Å². The lowest BCUT2D eigenvalue weighted by atomic mass is 10.2. The normalized spacial score (nSPS) is 10.9. The zero-order chi connectivity index (χ0) is 16.2. The van der Waals surface area contributed by atoms with Crippen LogP contribution in [0.25, 0.3) is 10.9 Å². The molecular formula is C15H14ClN3O3S. The lowest BCUT2D eigenvalue weighted by Crippen LogP contribution is -2.25. The van der Waals surface area contributed by atoms with E-state index in [0.29, 0.717) is 23.9 Å². The first-order valence-electron chi connectivity index (χ1n) is 6.84. The molecule has 0 aliphatic rings. The molecule has 0 fully saturated rings. The van der Waals surface area contributed by atoms with Gasteiger partial charge >= 0.3 is 0 Å². The summed E-state index contributed by atoms with van der Waals surface area (Å²) >= 11 is 7.75. The van der Waals surface area contributed by atoms with Gasteiger partial charge in [0.25, 0.3) is 0 Å². The molecule has 23 heavy (non-hydrogen) atoms. The molecule has 1 amide bonds. The molecule has 120 valence electrons. The largest absolute Gasteiger partial charge is 0.486 e. The van der Waals surface area contributed by atoms with Gasteiger partial charge in [-0.25, -0.2) is 4.98 Å². The van der Waals surface area contributed by atoms with Crippen LogP contribution in [0.1, 0.15) is 11.4 Å². The number of hydrogen-bond acceptors (Lipinski definition) is 5. The van der Waals surface area contributed by atoms with Crippen LogP contribution in [0.5, 0.6) is 5.75 Å². The second kappa shape index (κ2) is 6.99. The van der Waals surface area contributed by atoms with E-state index < -0.39 is 12.5 Å². The van der Waals surface area contributed by atoms with Gasteiger partial charge in [0, 0.05) is 28.0 Å². The number of nitrogens with zero attached hydrogens (tertiary/aromatic N) is 1. The molecule has 0 spiro atoms. The van der Waals surface area contributed by atoms with Gasteiger partial charge in [-0.2, -0.15) is 0 Å². The molecule has 0 aliphatic heterocycles. The number of aromatic nitrogens is 2. The maximum atomic E-state index is 11.1. The number of hydrogen-bond donors (Lipinski definition) is 3. The van der Waals surface area contributed by atoms with Crippen molar-refractivity contribution >= 4 is 39.7 Å². The van der Waals surface area contributed by atoms with Crippen LogP contribution in [0.2, 0.25) is 5.02 Å². The highest BCUT2D eigenvalue weighted by molar-refractivity contribution is 7.07. The molecule has 3 rings (SSSR count). The van der Waals surface area contributed by atoms with E-state index in [1.54, 1.807) is 11.6 Å². The van der Waals surface area contributed by atoms with E-state index in [0.717, 1.165) is 22.3 Å². The minimum atomic E-state index is -0.527. The predicted molar refractivity (Wildman–Crippen MR) is 88.7 cm³/mol. The summed E-state index contributed by atoms with van der Waals surface area (Å²) in [5.41, 5.74) is 4.28. The molecule has 8 heteroatoms. The fraction of sp³-hybridized carbons (Fsp3) is 0.200. The van der Waals surface area contributed by atoms with E-state index in [1.807, 2.05) is 17.5 Å². The Bertz CT molecular complexity index is 817. The third-order valence-corrected chi connectivity index (χ3v) is 4.14. The van der Waals surface area contributed by atoms with Crippen LogP contribution in [0.15, 0.2) is 29.1 Å². The van der Waals surface area contributed by atoms with Gasteiger partial charge in [-0.05, 0) is 12.1 Å². The smallest absolute Gasteiger partial charge is 0.246 e. The van der Waals surface area contributed by atoms with Crippen molar-refractivity contribution in [3.05, 3.63) is 45.5 Å². The molecule has 0 radical (unpaired) electrons. The number of carbonyl (C=O) groups is 1. The Morgan fingerprint density at radius 2 is 2.30 bits per heavy atom. The number of aromatic amines is 1. The summed E-state index contributed by atoms with van der Waals surface area (Å²) in [4.78, 5) is 18.4. The number of ether oxygens (including phenoxy) is 1. The average Bonchev–Trinajstić information content (AvgIpc) is 3.19. The highest BCUT2D eigenvalue weighted by Crippen LogP contribution is 2.31. The predicted octanol–water partition coefficient (Wildman–Crippen LogP) is 2.47. The molecule has 0 saturated heterocycles. The topological polar surface area (TPSA) is 87.2 Å². The molecule has 1 aromatic carbocycles. The van der Waals surface area contributed by atoms with Crippen molar-refractivity contribution in [2.24, 2.45) is 0 Å². The number of rotatable bonds is 6. The number of fused-ring (bicyclic) bond motifs is 1. The molecule has 0 atom stereocenters. The summed E-state index contributed by atoms with van der Waals surface area (Å²) in [6.45, 7) is 0.135. The SMILES string of the molecule is O=C(CO)NCc1cc2cc(Cl)c(OCc3cscn3)cc2[nH]1. The Morgan fingerprint density at radius 3 is 3.04 bits per heavy atom. The van der Waals surface area contributed by atoms with Crippen molar-refractivity contribution in [2.75, 3.05) is 6.61 Å². The van der Waals surface area contributed by atoms with E-state index in [-0.39, 0.29) is 0 Å². The highest BCUT2D eigenvalue weighted by Gasteiger charge is 2.09. The molecule has 0 bridgehead atoms. The average molecular weight is 352 g/mol. The summed E-state index contributed by atoms with van der Waals surface area (Å²) in [5, 5.41) is 14.6. The first-order valence-corrected chi connectivity index (χ1v) is 8.16. The zero-order valence-corrected chi connectivity index (χ0v) is 13.6. The molecule has 6 nitrogen and oxygen atoms in total. The second-order valence-electron chi connectivity index (χ2n) is 4.87. The number of H-pyrrole nitrogens is 1. The number of thiazole rings is 1. The standard InChI is InChI=1S/C15H14ClN3O3S/c16-12-2-9-1-10(4-17-15(21)5-20)19-13(9)3-14(12)22-6-11-7-23-8-18-11/h1-3,7-8,19-20H,4-6H2,(H,17,21). The molecule has 0 unspecified atom stereocenters. The second-order valence-corrected chi connectivity index (χ2v) is 5.99. The van der Waals surface area contributed by atoms with Gasteiger partial charge in [0.2, 0.25) is 5.91 Å². The number of benzene rings is 1. The first-order chi connectivity index (χ1) is 11.2. The first kappa shape index (κ1) is 15.8. The van der Waals surface area contributed by atoms with Crippen molar-refractivity contribution in [3.63, 3.8) is 0 Å². The Hall–Kier alpha value is -2.09. The van der Waals surface area contributed by atoms with Crippen LogP contribution in [0, 0.1) is 0 Å². The summed E-state index contributed by atoms with van der Waals surface area (Å²) in [6.07, 6.45) is 0. The fourth-order valence-electron chi connectivity index (χ4n) is 2.11. The number of halogens is 1. The van der Waals surface area contributed by atoms with Crippen LogP contribution >= 0.6 is 22.9 Å². The lowest BCUT2D eigenvalue weighted by molar-refractivity contribution is -0.123. The Balaban J connectivity index is 1.75. The molecule has 3 aromatic rings. The monoisotopic (exact) mass is 351 g/mol. The van der Waals surface area contributed by atoms with Gasteiger partial charge in [0.1, 0.15) is 19.0 Å². The third kappa shape index (κ3) is 3.82. The Kier molecular flexibility index (Phi) is 4.80. The minimum absolute atomic E-state index is 0.306. The Labute approximate surface area is 141 Å². The van der Waals surface area contributed by atoms with Crippen molar-refractivity contribution in [2.45, 2.75) is 13.2 Å². The molecule has 2 aromatic heterocycles. The van der Waals surface area contributed by atoms with Gasteiger partial charge in [-0.15, -0.1) is 11.3 Å². The quantitative estimate of drug-likeness (QED) is 0.636. The van der Waals surface area contributed by atoms with Crippen molar-refractivity contribution in [1.82, 2.24) is 15.3 Å². The van der Waals surface area contributed by atoms with Crippen LogP contribution in [0.3, 0.4) is 0 Å². The lowest BCUT2D eigenvalue weighted by Gasteiger charge is -2.06. The van der Waals surface area contributed by atoms with Crippen LogP contribution in [0.4, 0.5) is 0 Å². The van der Waals surface area contributed by atoms with Crippen molar-refractivity contribution < 1.29 is 14.6 Å². The van der Waals surface area contributed by atoms with E-state index in [1.165, 1.54) is 11.3 Å². The van der Waals surface area contributed by atoms with Gasteiger partial charge in [-0.1, -0.05) is 11.6 Å². The molecule has 2 heterocycles. The number of carbonyl (C=O) groups excluding carboxylic acids is 1. The van der Waals surface area contributed by atoms with E-state index in [2.05, 4.69) is 15.3 Å². The van der Waals surface area contributed by atoms with Crippen molar-refractivity contribution in [3.8, 4) is 5.75 Å². The van der Waals surface area contributed by atoms with Crippen LogP contribution in [-0.4, -0.2) is 27.6 Å². The maximum absolute atomic E-state index is 11.1. The van der Waals surface area contributed by atoms with E-state index in [9.17, 15) is 4.79 Å². The van der Waals surface area contributed by atoms with Crippen molar-refractivity contribution in [1.29, 1.82) is 0 Å². The number of aliphatic hydroxyl groups excluding tert-OH is 1. The van der Waals surface area contributed by atoms with Gasteiger partial charge in [0.15, 0.2) is 0 Å². The third-order valence-electron chi connectivity index (χ3n) is 3.21. The van der Waals surface area contributed by atoms with Gasteiger partial charge < -0.3 is 20.1 Å². The molecule has 0 saturated carbocycles. The number of nitrogens with one attached hydrogen (secondary N) is 2. The number of aliphatic hydroxyl groups is 1. The number of amides is 1. The van der Waals surface area contributed by atoms with E-state index in [4.69, 9.17) is 21.4 Å². The Morgan fingerprint density at radius 1 is 1.43 bits per heavy atom. The summed E-state index contributed by atoms with van der Waals surface area (Å²) in [6, 6.07) is 5.52.